The molecule has 0 aromatic heterocycles. The third-order valence-corrected chi connectivity index (χ3v) is 9.26. The van der Waals surface area contributed by atoms with Crippen molar-refractivity contribution in [2.24, 2.45) is 0 Å². The molecule has 2 N–H and O–H groups in total. The summed E-state index contributed by atoms with van der Waals surface area (Å²) in [7, 11) is 3.97. The van der Waals surface area contributed by atoms with Gasteiger partial charge in [-0.15, -0.1) is 0 Å². The van der Waals surface area contributed by atoms with Crippen molar-refractivity contribution in [3.63, 3.8) is 0 Å². The number of nitrogens with zero attached hydrogens (tertiary/aromatic N) is 3. The molecule has 214 valence electrons. The van der Waals surface area contributed by atoms with E-state index in [-0.39, 0.29) is 24.4 Å². The standard InChI is InChI=1S/C32H37N5O2S2/c1-35(2)27-15-13-26(14-16-27)33-30(39)32(17-19-41-20-18-32)37(21-24-9-5-3-6-10-24)29(38)23-36-22-28(34-31(36)40)25-11-7-4-8-12-25/h3-16,28H,17-23H2,1-2H3,(H,33,39)(H,34,40). The first-order valence-electron chi connectivity index (χ1n) is 14.0. The lowest BCUT2D eigenvalue weighted by atomic mass is 9.87. The predicted octanol–water partition coefficient (Wildman–Crippen LogP) is 4.92. The van der Waals surface area contributed by atoms with Gasteiger partial charge in [0.2, 0.25) is 11.8 Å². The number of nitrogens with one attached hydrogen (secondary N) is 2. The summed E-state index contributed by atoms with van der Waals surface area (Å²) in [5.41, 5.74) is 2.93. The Morgan fingerprint density at radius 1 is 0.976 bits per heavy atom. The molecule has 0 saturated carbocycles. The van der Waals surface area contributed by atoms with Crippen LogP contribution >= 0.6 is 24.0 Å². The van der Waals surface area contributed by atoms with Gasteiger partial charge < -0.3 is 25.3 Å². The number of carbonyl (C=O) groups is 2. The maximum atomic E-state index is 14.3. The predicted molar refractivity (Wildman–Crippen MR) is 172 cm³/mol. The Labute approximate surface area is 252 Å². The molecule has 2 heterocycles. The first-order chi connectivity index (χ1) is 19.9. The van der Waals surface area contributed by atoms with Gasteiger partial charge in [-0.2, -0.15) is 11.8 Å². The Hall–Kier alpha value is -3.56. The first-order valence-corrected chi connectivity index (χ1v) is 15.5. The number of anilines is 2. The third-order valence-electron chi connectivity index (χ3n) is 7.90. The van der Waals surface area contributed by atoms with E-state index in [0.717, 1.165) is 34.0 Å². The molecule has 2 aliphatic heterocycles. The van der Waals surface area contributed by atoms with E-state index < -0.39 is 5.54 Å². The van der Waals surface area contributed by atoms with Gasteiger partial charge in [-0.1, -0.05) is 60.7 Å². The molecule has 2 amide bonds. The molecule has 2 aliphatic rings. The smallest absolute Gasteiger partial charge is 0.250 e. The van der Waals surface area contributed by atoms with E-state index in [9.17, 15) is 9.59 Å². The molecule has 3 aromatic rings. The zero-order valence-corrected chi connectivity index (χ0v) is 25.2. The van der Waals surface area contributed by atoms with Gasteiger partial charge >= 0.3 is 0 Å². The molecule has 5 rings (SSSR count). The second kappa shape index (κ2) is 13.0. The highest BCUT2D eigenvalue weighted by molar-refractivity contribution is 7.99. The van der Waals surface area contributed by atoms with Crippen LogP contribution in [0, 0.1) is 0 Å². The van der Waals surface area contributed by atoms with Gasteiger partial charge in [-0.05, 0) is 72.0 Å². The van der Waals surface area contributed by atoms with Crippen LogP contribution in [0.1, 0.15) is 30.0 Å². The van der Waals surface area contributed by atoms with Crippen LogP contribution in [0.3, 0.4) is 0 Å². The van der Waals surface area contributed by atoms with E-state index in [1.165, 1.54) is 0 Å². The number of hydrogen-bond acceptors (Lipinski definition) is 5. The van der Waals surface area contributed by atoms with E-state index in [1.54, 1.807) is 0 Å². The molecule has 1 atom stereocenters. The minimum absolute atomic E-state index is 0.0209. The van der Waals surface area contributed by atoms with E-state index in [1.807, 2.05) is 113 Å². The van der Waals surface area contributed by atoms with Crippen molar-refractivity contribution >= 4 is 52.3 Å². The number of thioether (sulfide) groups is 1. The molecule has 0 bridgehead atoms. The molecule has 7 nitrogen and oxygen atoms in total. The zero-order valence-electron chi connectivity index (χ0n) is 23.6. The van der Waals surface area contributed by atoms with Crippen molar-refractivity contribution in [2.75, 3.05) is 48.9 Å². The summed E-state index contributed by atoms with van der Waals surface area (Å²) in [6.07, 6.45) is 1.18. The van der Waals surface area contributed by atoms with Crippen LogP contribution in [-0.2, 0) is 16.1 Å². The monoisotopic (exact) mass is 587 g/mol. The van der Waals surface area contributed by atoms with Crippen molar-refractivity contribution in [2.45, 2.75) is 31.0 Å². The van der Waals surface area contributed by atoms with Crippen LogP contribution in [0.2, 0.25) is 0 Å². The highest BCUT2D eigenvalue weighted by atomic mass is 32.2. The van der Waals surface area contributed by atoms with Crippen LogP contribution in [0.25, 0.3) is 0 Å². The molecular formula is C32H37N5O2S2. The highest BCUT2D eigenvalue weighted by Gasteiger charge is 2.47. The average molecular weight is 588 g/mol. The molecule has 2 saturated heterocycles. The number of thiocarbonyl (C=S) groups is 1. The highest BCUT2D eigenvalue weighted by Crippen LogP contribution is 2.36. The van der Waals surface area contributed by atoms with Gasteiger partial charge in [0.15, 0.2) is 5.11 Å². The summed E-state index contributed by atoms with van der Waals surface area (Å²) in [6, 6.07) is 27.9. The Balaban J connectivity index is 1.41. The van der Waals surface area contributed by atoms with E-state index in [4.69, 9.17) is 12.2 Å². The van der Waals surface area contributed by atoms with Crippen molar-refractivity contribution in [1.29, 1.82) is 0 Å². The number of rotatable bonds is 9. The van der Waals surface area contributed by atoms with Crippen molar-refractivity contribution < 1.29 is 9.59 Å². The Morgan fingerprint density at radius 2 is 1.61 bits per heavy atom. The maximum absolute atomic E-state index is 14.3. The van der Waals surface area contributed by atoms with Gasteiger partial charge in [-0.3, -0.25) is 9.59 Å². The minimum Gasteiger partial charge on any atom is -0.378 e. The molecule has 1 unspecified atom stereocenters. The van der Waals surface area contributed by atoms with Crippen LogP contribution in [-0.4, -0.2) is 71.0 Å². The lowest BCUT2D eigenvalue weighted by molar-refractivity contribution is -0.147. The van der Waals surface area contributed by atoms with Gasteiger partial charge in [0.25, 0.3) is 0 Å². The van der Waals surface area contributed by atoms with Gasteiger partial charge in [-0.25, -0.2) is 0 Å². The zero-order chi connectivity index (χ0) is 28.8. The van der Waals surface area contributed by atoms with Crippen LogP contribution < -0.4 is 15.5 Å². The van der Waals surface area contributed by atoms with Gasteiger partial charge in [0.05, 0.1) is 12.6 Å². The molecular weight excluding hydrogens is 551 g/mol. The van der Waals surface area contributed by atoms with Crippen LogP contribution in [0.4, 0.5) is 11.4 Å². The molecule has 2 fully saturated rings. The molecule has 9 heteroatoms. The fourth-order valence-corrected chi connectivity index (χ4v) is 6.96. The fraction of sp³-hybridized carbons (Fsp3) is 0.344. The lowest BCUT2D eigenvalue weighted by Gasteiger charge is -2.45. The minimum atomic E-state index is -0.966. The Bertz CT molecular complexity index is 1350. The summed E-state index contributed by atoms with van der Waals surface area (Å²) in [4.78, 5) is 34.3. The summed E-state index contributed by atoms with van der Waals surface area (Å²) in [6.45, 7) is 1.07. The van der Waals surface area contributed by atoms with Crippen molar-refractivity contribution in [3.8, 4) is 0 Å². The normalized spacial score (nSPS) is 18.0. The third kappa shape index (κ3) is 6.68. The molecule has 0 radical (unpaired) electrons. The SMILES string of the molecule is CN(C)c1ccc(NC(=O)C2(N(Cc3ccccc3)C(=O)CN3CC(c4ccccc4)NC3=S)CCSCC2)cc1. The quantitative estimate of drug-likeness (QED) is 0.345. The van der Waals surface area contributed by atoms with Crippen molar-refractivity contribution in [1.82, 2.24) is 15.1 Å². The molecule has 3 aromatic carbocycles. The van der Waals surface area contributed by atoms with Crippen LogP contribution in [0.15, 0.2) is 84.9 Å². The number of carbonyl (C=O) groups excluding carboxylic acids is 2. The average Bonchev–Trinajstić information content (AvgIpc) is 3.37. The number of amides is 2. The van der Waals surface area contributed by atoms with Crippen LogP contribution in [0.5, 0.6) is 0 Å². The fourth-order valence-electron chi connectivity index (χ4n) is 5.51. The van der Waals surface area contributed by atoms with Gasteiger partial charge in [0.1, 0.15) is 5.54 Å². The second-order valence-electron chi connectivity index (χ2n) is 10.8. The van der Waals surface area contributed by atoms with E-state index in [2.05, 4.69) is 22.8 Å². The maximum Gasteiger partial charge on any atom is 0.250 e. The van der Waals surface area contributed by atoms with Crippen molar-refractivity contribution in [3.05, 3.63) is 96.1 Å². The summed E-state index contributed by atoms with van der Waals surface area (Å²) in [5.74, 6) is 1.39. The number of benzene rings is 3. The summed E-state index contributed by atoms with van der Waals surface area (Å²) < 4.78 is 0. The molecule has 0 aliphatic carbocycles. The largest absolute Gasteiger partial charge is 0.378 e. The summed E-state index contributed by atoms with van der Waals surface area (Å²) in [5, 5.41) is 7.09. The number of hydrogen-bond donors (Lipinski definition) is 2. The van der Waals surface area contributed by atoms with E-state index >= 15 is 0 Å². The first kappa shape index (κ1) is 29.0. The second-order valence-corrected chi connectivity index (χ2v) is 12.4. The molecule has 41 heavy (non-hydrogen) atoms. The molecule has 0 spiro atoms. The Kier molecular flexibility index (Phi) is 9.15. The summed E-state index contributed by atoms with van der Waals surface area (Å²) >= 11 is 7.49. The Morgan fingerprint density at radius 3 is 2.24 bits per heavy atom. The van der Waals surface area contributed by atoms with E-state index in [0.29, 0.717) is 31.0 Å². The lowest BCUT2D eigenvalue weighted by Crippen LogP contribution is -2.61. The topological polar surface area (TPSA) is 67.9 Å². The van der Waals surface area contributed by atoms with Gasteiger partial charge in [0, 0.05) is 38.6 Å².